The van der Waals surface area contributed by atoms with Gasteiger partial charge in [0, 0.05) is 50.9 Å². The second kappa shape index (κ2) is 15.6. The minimum absolute atomic E-state index is 0.167. The predicted octanol–water partition coefficient (Wildman–Crippen LogP) is 6.61. The van der Waals surface area contributed by atoms with E-state index in [1.54, 1.807) is 40.1 Å². The van der Waals surface area contributed by atoms with Gasteiger partial charge in [0.15, 0.2) is 0 Å². The fourth-order valence-electron chi connectivity index (χ4n) is 7.02. The van der Waals surface area contributed by atoms with Crippen LogP contribution in [0.1, 0.15) is 74.2 Å². The third-order valence-corrected chi connectivity index (χ3v) is 10.2. The number of nitro groups is 1. The van der Waals surface area contributed by atoms with Crippen molar-refractivity contribution in [2.45, 2.75) is 76.9 Å². The molecule has 0 saturated carbocycles. The molecular weight excluding hydrogens is 632 g/mol. The van der Waals surface area contributed by atoms with Crippen molar-refractivity contribution in [2.75, 3.05) is 39.3 Å². The van der Waals surface area contributed by atoms with Crippen LogP contribution in [0.3, 0.4) is 0 Å². The monoisotopic (exact) mass is 673 g/mol. The van der Waals surface area contributed by atoms with Crippen molar-refractivity contribution >= 4 is 35.0 Å². The molecule has 3 aliphatic heterocycles. The van der Waals surface area contributed by atoms with Gasteiger partial charge in [-0.1, -0.05) is 67.9 Å². The summed E-state index contributed by atoms with van der Waals surface area (Å²) in [5, 5.41) is 13.7. The summed E-state index contributed by atoms with van der Waals surface area (Å²) in [6, 6.07) is 10.3. The Labute approximate surface area is 280 Å². The highest BCUT2D eigenvalue weighted by molar-refractivity contribution is 6.42. The van der Waals surface area contributed by atoms with Crippen molar-refractivity contribution < 1.29 is 18.9 Å². The van der Waals surface area contributed by atoms with Crippen molar-refractivity contribution in [3.8, 4) is 0 Å². The Hall–Kier alpha value is -3.21. The van der Waals surface area contributed by atoms with Crippen LogP contribution >= 0.6 is 23.2 Å². The summed E-state index contributed by atoms with van der Waals surface area (Å²) in [5.41, 5.74) is 1.23. The summed E-state index contributed by atoms with van der Waals surface area (Å²) < 4.78 is 13.7. The smallest absolute Gasteiger partial charge is 0.354 e. The topological polar surface area (TPSA) is 90.2 Å². The number of amides is 2. The van der Waals surface area contributed by atoms with Crippen LogP contribution in [0, 0.1) is 15.9 Å². The van der Waals surface area contributed by atoms with Gasteiger partial charge < -0.3 is 14.7 Å². The number of piperazine rings is 1. The lowest BCUT2D eigenvalue weighted by Crippen LogP contribution is -2.53. The lowest BCUT2D eigenvalue weighted by molar-refractivity contribution is -0.423. The van der Waals surface area contributed by atoms with E-state index in [2.05, 4.69) is 11.8 Å². The van der Waals surface area contributed by atoms with Gasteiger partial charge in [-0.2, -0.15) is 0 Å². The average Bonchev–Trinajstić information content (AvgIpc) is 3.17. The number of unbranched alkanes of at least 4 members (excludes halogenated alkanes) is 2. The van der Waals surface area contributed by atoms with Crippen LogP contribution < -0.4 is 0 Å². The molecule has 46 heavy (non-hydrogen) atoms. The lowest BCUT2D eigenvalue weighted by atomic mass is 9.97. The maximum atomic E-state index is 14.5. The first-order valence-corrected chi connectivity index (χ1v) is 17.1. The molecule has 2 aromatic carbocycles. The van der Waals surface area contributed by atoms with Gasteiger partial charge in [0.1, 0.15) is 11.5 Å². The number of carbonyl (C=O) groups is 2. The summed E-state index contributed by atoms with van der Waals surface area (Å²) in [7, 11) is 0. The molecular formula is C34H42Cl2FN5O4. The van der Waals surface area contributed by atoms with Crippen molar-refractivity contribution in [2.24, 2.45) is 0 Å². The molecule has 0 aliphatic carbocycles. The molecule has 2 unspecified atom stereocenters. The molecule has 2 bridgehead atoms. The number of hydrogen-bond acceptors (Lipinski definition) is 6. The lowest BCUT2D eigenvalue weighted by Gasteiger charge is -2.42. The molecule has 0 N–H and O–H groups in total. The van der Waals surface area contributed by atoms with Crippen LogP contribution in [0.4, 0.5) is 4.39 Å². The van der Waals surface area contributed by atoms with E-state index in [9.17, 15) is 24.1 Å². The second-order valence-corrected chi connectivity index (χ2v) is 13.3. The van der Waals surface area contributed by atoms with E-state index in [0.29, 0.717) is 53.9 Å². The second-order valence-electron chi connectivity index (χ2n) is 12.4. The molecule has 2 aromatic rings. The third-order valence-electron chi connectivity index (χ3n) is 9.49. The number of rotatable bonds is 9. The van der Waals surface area contributed by atoms with Crippen molar-refractivity contribution in [1.82, 2.24) is 19.6 Å². The molecule has 12 heteroatoms. The number of nitrogens with zero attached hydrogens (tertiary/aromatic N) is 5. The van der Waals surface area contributed by atoms with Crippen LogP contribution in [0.2, 0.25) is 10.0 Å². The van der Waals surface area contributed by atoms with Crippen LogP contribution in [0.15, 0.2) is 53.9 Å². The zero-order valence-electron chi connectivity index (χ0n) is 26.3. The van der Waals surface area contributed by atoms with Crippen molar-refractivity contribution in [3.05, 3.63) is 91.0 Å². The minimum Gasteiger partial charge on any atom is -0.364 e. The van der Waals surface area contributed by atoms with Gasteiger partial charge in [-0.05, 0) is 68.1 Å². The molecule has 2 saturated heterocycles. The zero-order valence-corrected chi connectivity index (χ0v) is 27.8. The van der Waals surface area contributed by atoms with E-state index in [4.69, 9.17) is 23.2 Å². The van der Waals surface area contributed by atoms with Gasteiger partial charge in [-0.3, -0.25) is 24.6 Å². The summed E-state index contributed by atoms with van der Waals surface area (Å²) in [6.07, 6.45) is 7.06. The standard InChI is InChI=1S/C34H42Cl2FN5O4/c1-2-3-6-16-38-17-15-27-7-4-5-8-30(38)31(32(42(45)46)34(44)41(27)23-24-9-12-26(37)13-10-24)39-18-20-40(21-19-39)33(43)25-11-14-28(35)29(36)22-25/h9-14,22,27,30H,2-8,15-21,23H2,1H3/b32-31-. The Kier molecular flexibility index (Phi) is 11.6. The first-order valence-electron chi connectivity index (χ1n) is 16.3. The van der Waals surface area contributed by atoms with Gasteiger partial charge in [0.2, 0.25) is 0 Å². The molecule has 2 atom stereocenters. The Balaban J connectivity index is 1.52. The molecule has 3 heterocycles. The Bertz CT molecular complexity index is 1450. The summed E-state index contributed by atoms with van der Waals surface area (Å²) in [4.78, 5) is 48.1. The number of hydrogen-bond donors (Lipinski definition) is 0. The molecule has 9 nitrogen and oxygen atoms in total. The van der Waals surface area contributed by atoms with E-state index in [1.165, 1.54) is 12.1 Å². The number of carbonyl (C=O) groups excluding carboxylic acids is 2. The molecule has 3 aliphatic rings. The summed E-state index contributed by atoms with van der Waals surface area (Å²) >= 11 is 12.2. The maximum Gasteiger partial charge on any atom is 0.354 e. The first-order chi connectivity index (χ1) is 22.2. The fraction of sp³-hybridized carbons (Fsp3) is 0.529. The van der Waals surface area contributed by atoms with Crippen LogP contribution in [0.5, 0.6) is 0 Å². The molecule has 5 rings (SSSR count). The first kappa shape index (κ1) is 34.1. The van der Waals surface area contributed by atoms with Crippen molar-refractivity contribution in [1.29, 1.82) is 0 Å². The highest BCUT2D eigenvalue weighted by Crippen LogP contribution is 2.34. The largest absolute Gasteiger partial charge is 0.364 e. The quantitative estimate of drug-likeness (QED) is 0.169. The van der Waals surface area contributed by atoms with Gasteiger partial charge in [-0.25, -0.2) is 4.39 Å². The zero-order chi connectivity index (χ0) is 32.8. The average molecular weight is 675 g/mol. The van der Waals surface area contributed by atoms with Gasteiger partial charge in [0.05, 0.1) is 21.0 Å². The highest BCUT2D eigenvalue weighted by Gasteiger charge is 2.44. The third kappa shape index (κ3) is 7.83. The Morgan fingerprint density at radius 1 is 0.957 bits per heavy atom. The van der Waals surface area contributed by atoms with Crippen molar-refractivity contribution in [3.63, 3.8) is 0 Å². The summed E-state index contributed by atoms with van der Waals surface area (Å²) in [5.74, 6) is -1.15. The van der Waals surface area contributed by atoms with E-state index in [-0.39, 0.29) is 36.0 Å². The highest BCUT2D eigenvalue weighted by atomic mass is 35.5. The van der Waals surface area contributed by atoms with Crippen LogP contribution in [-0.4, -0.2) is 87.7 Å². The molecule has 248 valence electrons. The van der Waals surface area contributed by atoms with Gasteiger partial charge >= 0.3 is 11.6 Å². The minimum atomic E-state index is -0.592. The van der Waals surface area contributed by atoms with Gasteiger partial charge in [-0.15, -0.1) is 0 Å². The summed E-state index contributed by atoms with van der Waals surface area (Å²) in [6.45, 7) is 5.22. The van der Waals surface area contributed by atoms with Crippen LogP contribution in [-0.2, 0) is 11.3 Å². The maximum absolute atomic E-state index is 14.5. The Morgan fingerprint density at radius 2 is 1.67 bits per heavy atom. The Morgan fingerprint density at radius 3 is 2.35 bits per heavy atom. The molecule has 2 amide bonds. The SMILES string of the molecule is CCCCCN1CCC2CCCCC1/C(N1CCN(C(=O)c3ccc(Cl)c(Cl)c3)CC1)=C(/[N+](=O)[O-])C(=O)N2Cc1ccc(F)cc1. The number of fused-ring (bicyclic) bond motifs is 4. The molecule has 0 spiro atoms. The molecule has 0 radical (unpaired) electrons. The normalized spacial score (nSPS) is 23.0. The van der Waals surface area contributed by atoms with E-state index in [0.717, 1.165) is 63.6 Å². The number of halogens is 3. The van der Waals surface area contributed by atoms with E-state index < -0.39 is 10.8 Å². The fourth-order valence-corrected chi connectivity index (χ4v) is 7.32. The van der Waals surface area contributed by atoms with E-state index >= 15 is 0 Å². The number of benzene rings is 2. The molecule has 2 fully saturated rings. The van der Waals surface area contributed by atoms with Crippen LogP contribution in [0.25, 0.3) is 0 Å². The molecule has 0 aromatic heterocycles. The predicted molar refractivity (Wildman–Crippen MR) is 177 cm³/mol. The van der Waals surface area contributed by atoms with Gasteiger partial charge in [0.25, 0.3) is 5.91 Å². The van der Waals surface area contributed by atoms with E-state index in [1.807, 2.05) is 4.90 Å².